The Hall–Kier alpha value is -5.21. The molecular formula is C38H26N2. The van der Waals surface area contributed by atoms with E-state index in [2.05, 4.69) is 151 Å². The molecule has 1 unspecified atom stereocenters. The van der Waals surface area contributed by atoms with Crippen molar-refractivity contribution in [2.24, 2.45) is 4.99 Å². The van der Waals surface area contributed by atoms with E-state index in [1.54, 1.807) is 0 Å². The maximum atomic E-state index is 5.35. The summed E-state index contributed by atoms with van der Waals surface area (Å²) in [4.78, 5) is 5.35. The fourth-order valence-electron chi connectivity index (χ4n) is 6.09. The van der Waals surface area contributed by atoms with Crippen molar-refractivity contribution in [1.82, 2.24) is 5.32 Å². The summed E-state index contributed by atoms with van der Waals surface area (Å²) in [5.41, 5.74) is 4.46. The molecule has 0 radical (unpaired) electrons. The second kappa shape index (κ2) is 9.21. The van der Waals surface area contributed by atoms with Crippen LogP contribution in [0.5, 0.6) is 0 Å². The Balaban J connectivity index is 1.41. The van der Waals surface area contributed by atoms with Crippen molar-refractivity contribution in [2.45, 2.75) is 6.04 Å². The van der Waals surface area contributed by atoms with Crippen LogP contribution >= 0.6 is 0 Å². The molecule has 1 atom stereocenters. The first kappa shape index (κ1) is 22.7. The zero-order chi connectivity index (χ0) is 26.5. The Morgan fingerprint density at radius 3 is 2.00 bits per heavy atom. The third-order valence-electron chi connectivity index (χ3n) is 8.06. The summed E-state index contributed by atoms with van der Waals surface area (Å²) in [7, 11) is 0. The highest BCUT2D eigenvalue weighted by molar-refractivity contribution is 6.25. The Kier molecular flexibility index (Phi) is 5.24. The number of hydrogen-bond acceptors (Lipinski definition) is 2. The summed E-state index contributed by atoms with van der Waals surface area (Å²) in [6, 6.07) is 49.9. The first-order valence-electron chi connectivity index (χ1n) is 13.8. The van der Waals surface area contributed by atoms with Gasteiger partial charge in [0.05, 0.1) is 11.7 Å². The van der Waals surface area contributed by atoms with Crippen molar-refractivity contribution >= 4 is 54.6 Å². The molecule has 0 aromatic heterocycles. The quantitative estimate of drug-likeness (QED) is 0.186. The van der Waals surface area contributed by atoms with Crippen LogP contribution in [-0.4, -0.2) is 5.84 Å². The molecule has 0 bridgehead atoms. The summed E-state index contributed by atoms with van der Waals surface area (Å²) in [5, 5.41) is 13.6. The van der Waals surface area contributed by atoms with Crippen LogP contribution in [0.15, 0.2) is 151 Å². The molecule has 1 N–H and O–H groups in total. The molecule has 2 nitrogen and oxygen atoms in total. The van der Waals surface area contributed by atoms with Crippen LogP contribution < -0.4 is 5.32 Å². The third-order valence-corrected chi connectivity index (χ3v) is 8.06. The van der Waals surface area contributed by atoms with Gasteiger partial charge in [0.1, 0.15) is 5.84 Å². The highest BCUT2D eigenvalue weighted by Gasteiger charge is 2.23. The number of fused-ring (bicyclic) bond motifs is 5. The lowest BCUT2D eigenvalue weighted by molar-refractivity contribution is 0.782. The SMILES string of the molecule is C1=C(c2ccc3ccccc3c2)N=C(c2c3ccccc3cc3c2ccc2ccccc23)NC1c1ccccc1. The molecule has 1 aliphatic heterocycles. The predicted octanol–water partition coefficient (Wildman–Crippen LogP) is 9.43. The minimum absolute atomic E-state index is 0.00959. The van der Waals surface area contributed by atoms with E-state index in [1.165, 1.54) is 48.7 Å². The normalized spacial score (nSPS) is 15.2. The van der Waals surface area contributed by atoms with E-state index >= 15 is 0 Å². The van der Waals surface area contributed by atoms with Crippen LogP contribution in [0.25, 0.3) is 48.8 Å². The molecule has 0 amide bonds. The van der Waals surface area contributed by atoms with Crippen LogP contribution in [0.4, 0.5) is 0 Å². The van der Waals surface area contributed by atoms with Crippen molar-refractivity contribution < 1.29 is 0 Å². The Morgan fingerprint density at radius 1 is 0.475 bits per heavy atom. The predicted molar refractivity (Wildman–Crippen MR) is 170 cm³/mol. The largest absolute Gasteiger partial charge is 0.359 e. The van der Waals surface area contributed by atoms with Crippen molar-refractivity contribution in [2.75, 3.05) is 0 Å². The lowest BCUT2D eigenvalue weighted by Gasteiger charge is -2.26. The van der Waals surface area contributed by atoms with Crippen molar-refractivity contribution in [3.8, 4) is 0 Å². The summed E-state index contributed by atoms with van der Waals surface area (Å²) >= 11 is 0. The molecule has 7 aromatic carbocycles. The van der Waals surface area contributed by atoms with Gasteiger partial charge < -0.3 is 5.32 Å². The number of aliphatic imine (C=N–C) groups is 1. The zero-order valence-corrected chi connectivity index (χ0v) is 21.9. The van der Waals surface area contributed by atoms with E-state index in [0.29, 0.717) is 0 Å². The van der Waals surface area contributed by atoms with E-state index in [4.69, 9.17) is 4.99 Å². The van der Waals surface area contributed by atoms with Gasteiger partial charge in [0.2, 0.25) is 0 Å². The number of benzene rings is 7. The average Bonchev–Trinajstić information content (AvgIpc) is 3.03. The van der Waals surface area contributed by atoms with Gasteiger partial charge in [0.25, 0.3) is 0 Å². The maximum Gasteiger partial charge on any atom is 0.135 e. The first-order valence-corrected chi connectivity index (χ1v) is 13.8. The fraction of sp³-hybridized carbons (Fsp3) is 0.0263. The van der Waals surface area contributed by atoms with Gasteiger partial charge in [-0.1, -0.05) is 127 Å². The molecule has 0 saturated carbocycles. The molecule has 7 aromatic rings. The Morgan fingerprint density at radius 2 is 1.15 bits per heavy atom. The van der Waals surface area contributed by atoms with Gasteiger partial charge in [0.15, 0.2) is 0 Å². The highest BCUT2D eigenvalue weighted by atomic mass is 15.0. The molecule has 0 fully saturated rings. The number of rotatable bonds is 3. The second-order valence-electron chi connectivity index (χ2n) is 10.5. The van der Waals surface area contributed by atoms with Gasteiger partial charge in [0, 0.05) is 11.1 Å². The zero-order valence-electron chi connectivity index (χ0n) is 21.9. The number of nitrogens with one attached hydrogen (secondary N) is 1. The van der Waals surface area contributed by atoms with Crippen molar-refractivity contribution in [1.29, 1.82) is 0 Å². The third kappa shape index (κ3) is 3.77. The molecule has 0 spiro atoms. The monoisotopic (exact) mass is 510 g/mol. The van der Waals surface area contributed by atoms with Crippen LogP contribution in [-0.2, 0) is 0 Å². The standard InChI is InChI=1S/C38H26N2/c1-2-12-27(13-3-1)35-24-36(30-19-18-25-10-4-5-14-28(25)22-30)40-38(39-35)37-32-17-9-7-15-29(32)23-34-31-16-8-6-11-26(31)20-21-33(34)37/h1-24,35H,(H,39,40). The Labute approximate surface area is 232 Å². The summed E-state index contributed by atoms with van der Waals surface area (Å²) in [6.07, 6.45) is 2.26. The molecule has 0 saturated heterocycles. The van der Waals surface area contributed by atoms with Gasteiger partial charge in [-0.3, -0.25) is 0 Å². The minimum atomic E-state index is -0.00959. The molecule has 188 valence electrons. The van der Waals surface area contributed by atoms with Crippen molar-refractivity contribution in [3.63, 3.8) is 0 Å². The number of amidine groups is 1. The second-order valence-corrected chi connectivity index (χ2v) is 10.5. The molecule has 1 heterocycles. The van der Waals surface area contributed by atoms with E-state index in [-0.39, 0.29) is 6.04 Å². The van der Waals surface area contributed by atoms with Gasteiger partial charge in [-0.25, -0.2) is 4.99 Å². The van der Waals surface area contributed by atoms with Crippen LogP contribution in [0.1, 0.15) is 22.7 Å². The topological polar surface area (TPSA) is 24.4 Å². The lowest BCUT2D eigenvalue weighted by Crippen LogP contribution is -2.31. The van der Waals surface area contributed by atoms with Crippen molar-refractivity contribution in [3.05, 3.63) is 162 Å². The smallest absolute Gasteiger partial charge is 0.135 e. The van der Waals surface area contributed by atoms with E-state index in [1.807, 2.05) is 0 Å². The molecule has 0 aliphatic carbocycles. The molecule has 40 heavy (non-hydrogen) atoms. The number of hydrogen-bond donors (Lipinski definition) is 1. The number of nitrogens with zero attached hydrogens (tertiary/aromatic N) is 1. The van der Waals surface area contributed by atoms with Gasteiger partial charge in [-0.15, -0.1) is 0 Å². The first-order chi connectivity index (χ1) is 19.8. The molecular weight excluding hydrogens is 484 g/mol. The Bertz CT molecular complexity index is 2140. The highest BCUT2D eigenvalue weighted by Crippen LogP contribution is 2.36. The molecule has 1 aliphatic rings. The van der Waals surface area contributed by atoms with Gasteiger partial charge in [-0.05, 0) is 66.9 Å². The molecule has 2 heteroatoms. The van der Waals surface area contributed by atoms with Crippen LogP contribution in [0.3, 0.4) is 0 Å². The van der Waals surface area contributed by atoms with E-state index in [9.17, 15) is 0 Å². The van der Waals surface area contributed by atoms with Crippen LogP contribution in [0, 0.1) is 0 Å². The lowest BCUT2D eigenvalue weighted by atomic mass is 9.91. The fourth-order valence-corrected chi connectivity index (χ4v) is 6.09. The summed E-state index contributed by atoms with van der Waals surface area (Å²) < 4.78 is 0. The average molecular weight is 511 g/mol. The summed E-state index contributed by atoms with van der Waals surface area (Å²) in [6.45, 7) is 0. The van der Waals surface area contributed by atoms with Gasteiger partial charge in [-0.2, -0.15) is 0 Å². The van der Waals surface area contributed by atoms with E-state index in [0.717, 1.165) is 22.7 Å². The van der Waals surface area contributed by atoms with E-state index < -0.39 is 0 Å². The molecule has 8 rings (SSSR count). The maximum absolute atomic E-state index is 5.35. The van der Waals surface area contributed by atoms with Crippen LogP contribution in [0.2, 0.25) is 0 Å². The minimum Gasteiger partial charge on any atom is -0.359 e. The van der Waals surface area contributed by atoms with Gasteiger partial charge >= 0.3 is 0 Å². The summed E-state index contributed by atoms with van der Waals surface area (Å²) in [5.74, 6) is 0.900.